The second-order valence-electron chi connectivity index (χ2n) is 6.94. The summed E-state index contributed by atoms with van der Waals surface area (Å²) in [6.07, 6.45) is 0.203. The topological polar surface area (TPSA) is 36.4 Å². The molecule has 0 fully saturated rings. The molecule has 0 aliphatic carbocycles. The number of fused-ring (bicyclic) bond motifs is 1. The molecule has 0 atom stereocenters. The van der Waals surface area contributed by atoms with Gasteiger partial charge in [0.25, 0.3) is 0 Å². The summed E-state index contributed by atoms with van der Waals surface area (Å²) in [6.45, 7) is 9.34. The van der Waals surface area contributed by atoms with E-state index in [9.17, 15) is 9.18 Å². The Morgan fingerprint density at radius 2 is 1.80 bits per heavy atom. The first-order chi connectivity index (χ1) is 13.9. The second-order valence-corrected chi connectivity index (χ2v) is 8.39. The van der Waals surface area contributed by atoms with Gasteiger partial charge in [0.15, 0.2) is 5.13 Å². The lowest BCUT2D eigenvalue weighted by atomic mass is 10.1. The van der Waals surface area contributed by atoms with Crippen molar-refractivity contribution in [3.8, 4) is 0 Å². The van der Waals surface area contributed by atoms with E-state index in [4.69, 9.17) is 16.6 Å². The Bertz CT molecular complexity index is 990. The molecule has 1 aromatic heterocycles. The van der Waals surface area contributed by atoms with Gasteiger partial charge in [-0.3, -0.25) is 9.69 Å². The van der Waals surface area contributed by atoms with Gasteiger partial charge in [-0.1, -0.05) is 48.9 Å². The molecule has 0 aliphatic rings. The van der Waals surface area contributed by atoms with Crippen molar-refractivity contribution in [3.05, 3.63) is 58.4 Å². The first-order valence-corrected chi connectivity index (χ1v) is 10.9. The summed E-state index contributed by atoms with van der Waals surface area (Å²) < 4.78 is 14.2. The lowest BCUT2D eigenvalue weighted by Gasteiger charge is -2.24. The van der Waals surface area contributed by atoms with Crippen LogP contribution in [-0.2, 0) is 11.2 Å². The minimum Gasteiger partial charge on any atom is -0.302 e. The zero-order chi connectivity index (χ0) is 21.0. The molecule has 0 radical (unpaired) electrons. The highest BCUT2D eigenvalue weighted by Gasteiger charge is 2.21. The van der Waals surface area contributed by atoms with Gasteiger partial charge >= 0.3 is 0 Å². The summed E-state index contributed by atoms with van der Waals surface area (Å²) in [7, 11) is 0. The lowest BCUT2D eigenvalue weighted by Crippen LogP contribution is -2.39. The van der Waals surface area contributed by atoms with Crippen molar-refractivity contribution in [1.29, 1.82) is 0 Å². The van der Waals surface area contributed by atoms with E-state index in [0.29, 0.717) is 16.7 Å². The van der Waals surface area contributed by atoms with E-state index in [1.54, 1.807) is 17.0 Å². The number of aromatic nitrogens is 1. The van der Waals surface area contributed by atoms with Crippen LogP contribution in [0.3, 0.4) is 0 Å². The largest absolute Gasteiger partial charge is 0.302 e. The Balaban J connectivity index is 0.00000320. The minimum absolute atomic E-state index is 0. The van der Waals surface area contributed by atoms with Gasteiger partial charge in [0.2, 0.25) is 5.91 Å². The normalized spacial score (nSPS) is 11.0. The van der Waals surface area contributed by atoms with Crippen LogP contribution in [-0.4, -0.2) is 42.0 Å². The Hall–Kier alpha value is -1.73. The Labute approximate surface area is 192 Å². The first kappa shape index (κ1) is 24.5. The third-order valence-corrected chi connectivity index (χ3v) is 6.22. The molecule has 30 heavy (non-hydrogen) atoms. The van der Waals surface area contributed by atoms with Gasteiger partial charge in [-0.25, -0.2) is 9.37 Å². The first-order valence-electron chi connectivity index (χ1n) is 9.75. The molecule has 3 rings (SSSR count). The smallest absolute Gasteiger partial charge is 0.233 e. The predicted molar refractivity (Wildman–Crippen MR) is 127 cm³/mol. The molecule has 2 aromatic carbocycles. The van der Waals surface area contributed by atoms with Crippen molar-refractivity contribution in [2.45, 2.75) is 27.2 Å². The van der Waals surface area contributed by atoms with Gasteiger partial charge in [0, 0.05) is 18.1 Å². The number of hydrogen-bond acceptors (Lipinski definition) is 4. The van der Waals surface area contributed by atoms with Crippen molar-refractivity contribution >= 4 is 56.6 Å². The number of thiazole rings is 1. The molecule has 1 amide bonds. The average molecular weight is 470 g/mol. The van der Waals surface area contributed by atoms with Crippen LogP contribution in [0, 0.1) is 12.7 Å². The summed E-state index contributed by atoms with van der Waals surface area (Å²) in [5.41, 5.74) is 2.64. The molecule has 0 unspecified atom stereocenters. The van der Waals surface area contributed by atoms with E-state index in [0.717, 1.165) is 41.0 Å². The Morgan fingerprint density at radius 1 is 1.13 bits per heavy atom. The van der Waals surface area contributed by atoms with Gasteiger partial charge < -0.3 is 4.90 Å². The van der Waals surface area contributed by atoms with E-state index in [-0.39, 0.29) is 30.6 Å². The molecule has 162 valence electrons. The van der Waals surface area contributed by atoms with E-state index in [1.807, 2.05) is 19.1 Å². The molecule has 4 nitrogen and oxygen atoms in total. The summed E-state index contributed by atoms with van der Waals surface area (Å²) >= 11 is 7.67. The molecular formula is C22H26Cl2FN3OS. The van der Waals surface area contributed by atoms with Crippen molar-refractivity contribution in [3.63, 3.8) is 0 Å². The van der Waals surface area contributed by atoms with Crippen LogP contribution in [0.4, 0.5) is 9.52 Å². The third-order valence-electron chi connectivity index (χ3n) is 4.97. The van der Waals surface area contributed by atoms with E-state index >= 15 is 0 Å². The van der Waals surface area contributed by atoms with Crippen LogP contribution >= 0.6 is 35.3 Å². The van der Waals surface area contributed by atoms with Gasteiger partial charge in [-0.15, -0.1) is 12.4 Å². The standard InChI is InChI=1S/C22H25ClFN3OS.ClH/c1-4-26(5-2)10-11-27(20(28)13-16-6-8-18(24)9-7-16)22-25-21-15(3)12-17(23)14-19(21)29-22;/h6-9,12,14H,4-5,10-11,13H2,1-3H3;1H. The van der Waals surface area contributed by atoms with Crippen LogP contribution in [0.2, 0.25) is 5.02 Å². The molecule has 0 spiro atoms. The SMILES string of the molecule is CCN(CC)CCN(C(=O)Cc1ccc(F)cc1)c1nc2c(C)cc(Cl)cc2s1.Cl. The second kappa shape index (κ2) is 11.0. The maximum absolute atomic E-state index is 13.2. The molecule has 0 aliphatic heterocycles. The molecule has 8 heteroatoms. The number of nitrogens with zero attached hydrogens (tertiary/aromatic N) is 3. The molecule has 1 heterocycles. The average Bonchev–Trinajstić information content (AvgIpc) is 3.11. The maximum atomic E-state index is 13.2. The number of benzene rings is 2. The van der Waals surface area contributed by atoms with Gasteiger partial charge in [-0.05, 0) is 55.4 Å². The summed E-state index contributed by atoms with van der Waals surface area (Å²) in [5.74, 6) is -0.357. The molecule has 0 N–H and O–H groups in total. The van der Waals surface area contributed by atoms with E-state index in [1.165, 1.54) is 23.5 Å². The number of hydrogen-bond donors (Lipinski definition) is 0. The van der Waals surface area contributed by atoms with Gasteiger partial charge in [0.05, 0.1) is 16.6 Å². The van der Waals surface area contributed by atoms with Crippen molar-refractivity contribution in [2.24, 2.45) is 0 Å². The zero-order valence-corrected chi connectivity index (χ0v) is 19.7. The number of aryl methyl sites for hydroxylation is 1. The van der Waals surface area contributed by atoms with Gasteiger partial charge in [0.1, 0.15) is 5.82 Å². The lowest BCUT2D eigenvalue weighted by molar-refractivity contribution is -0.118. The van der Waals surface area contributed by atoms with Crippen LogP contribution in [0.5, 0.6) is 0 Å². The fourth-order valence-corrected chi connectivity index (χ4v) is 4.70. The number of likely N-dealkylation sites (N-methyl/N-ethyl adjacent to an activating group) is 1. The fourth-order valence-electron chi connectivity index (χ4n) is 3.24. The number of amides is 1. The molecular weight excluding hydrogens is 444 g/mol. The van der Waals surface area contributed by atoms with Crippen LogP contribution in [0.1, 0.15) is 25.0 Å². The Kier molecular flexibility index (Phi) is 9.04. The summed E-state index contributed by atoms with van der Waals surface area (Å²) in [6, 6.07) is 9.83. The van der Waals surface area contributed by atoms with Crippen LogP contribution < -0.4 is 4.90 Å². The quantitative estimate of drug-likeness (QED) is 0.422. The zero-order valence-electron chi connectivity index (χ0n) is 17.3. The predicted octanol–water partition coefficient (Wildman–Crippen LogP) is 5.74. The Morgan fingerprint density at radius 3 is 2.43 bits per heavy atom. The summed E-state index contributed by atoms with van der Waals surface area (Å²) in [5, 5.41) is 1.34. The molecule has 0 saturated carbocycles. The highest BCUT2D eigenvalue weighted by atomic mass is 35.5. The number of halogens is 3. The third kappa shape index (κ3) is 5.91. The highest BCUT2D eigenvalue weighted by Crippen LogP contribution is 2.33. The van der Waals surface area contributed by atoms with Crippen molar-refractivity contribution < 1.29 is 9.18 Å². The maximum Gasteiger partial charge on any atom is 0.233 e. The van der Waals surface area contributed by atoms with Gasteiger partial charge in [-0.2, -0.15) is 0 Å². The minimum atomic E-state index is -0.307. The summed E-state index contributed by atoms with van der Waals surface area (Å²) in [4.78, 5) is 21.9. The van der Waals surface area contributed by atoms with Crippen molar-refractivity contribution in [1.82, 2.24) is 9.88 Å². The highest BCUT2D eigenvalue weighted by molar-refractivity contribution is 7.22. The van der Waals surface area contributed by atoms with Crippen molar-refractivity contribution in [2.75, 3.05) is 31.1 Å². The number of carbonyl (C=O) groups excluding carboxylic acids is 1. The van der Waals surface area contributed by atoms with E-state index in [2.05, 4.69) is 18.7 Å². The number of anilines is 1. The fraction of sp³-hybridized carbons (Fsp3) is 0.364. The molecule has 0 saturated heterocycles. The molecule has 0 bridgehead atoms. The van der Waals surface area contributed by atoms with E-state index < -0.39 is 0 Å². The van der Waals surface area contributed by atoms with Crippen LogP contribution in [0.25, 0.3) is 10.2 Å². The number of rotatable bonds is 8. The number of carbonyl (C=O) groups is 1. The monoisotopic (exact) mass is 469 g/mol. The van der Waals surface area contributed by atoms with Crippen LogP contribution in [0.15, 0.2) is 36.4 Å². The molecule has 3 aromatic rings.